The molecular formula is C19H21N5O. The van der Waals surface area contributed by atoms with Crippen LogP contribution in [0.4, 0.5) is 0 Å². The van der Waals surface area contributed by atoms with Gasteiger partial charge in [-0.15, -0.1) is 10.2 Å². The van der Waals surface area contributed by atoms with Crippen LogP contribution in [0.3, 0.4) is 0 Å². The van der Waals surface area contributed by atoms with Gasteiger partial charge >= 0.3 is 0 Å². The zero-order valence-electron chi connectivity index (χ0n) is 14.4. The minimum absolute atomic E-state index is 0.0389. The predicted octanol–water partition coefficient (Wildman–Crippen LogP) is 2.78. The van der Waals surface area contributed by atoms with E-state index in [2.05, 4.69) is 39.8 Å². The second-order valence-corrected chi connectivity index (χ2v) is 5.89. The summed E-state index contributed by atoms with van der Waals surface area (Å²) in [5, 5.41) is 15.2. The molecule has 128 valence electrons. The van der Waals surface area contributed by atoms with Crippen molar-refractivity contribution >= 4 is 5.91 Å². The topological polar surface area (TPSA) is 72.7 Å². The summed E-state index contributed by atoms with van der Waals surface area (Å²) < 4.78 is 0. The summed E-state index contributed by atoms with van der Waals surface area (Å²) >= 11 is 0. The third-order valence-corrected chi connectivity index (χ3v) is 4.04. The first kappa shape index (κ1) is 16.8. The predicted molar refractivity (Wildman–Crippen MR) is 95.6 cm³/mol. The summed E-state index contributed by atoms with van der Waals surface area (Å²) in [7, 11) is 0. The molecule has 1 unspecified atom stereocenters. The summed E-state index contributed by atoms with van der Waals surface area (Å²) in [6.45, 7) is 4.12. The van der Waals surface area contributed by atoms with E-state index in [1.165, 1.54) is 10.4 Å². The van der Waals surface area contributed by atoms with Crippen molar-refractivity contribution in [3.05, 3.63) is 65.7 Å². The normalized spacial score (nSPS) is 11.9. The van der Waals surface area contributed by atoms with Crippen LogP contribution in [0.1, 0.15) is 31.0 Å². The molecule has 6 heteroatoms. The molecule has 3 rings (SSSR count). The lowest BCUT2D eigenvalue weighted by Gasteiger charge is -2.14. The summed E-state index contributed by atoms with van der Waals surface area (Å²) in [6.07, 6.45) is 1.00. The third-order valence-electron chi connectivity index (χ3n) is 4.04. The molecule has 0 radical (unpaired) electrons. The maximum Gasteiger partial charge on any atom is 0.244 e. The van der Waals surface area contributed by atoms with E-state index >= 15 is 0 Å². The number of rotatable bonds is 6. The second kappa shape index (κ2) is 7.70. The van der Waals surface area contributed by atoms with Crippen molar-refractivity contribution in [3.63, 3.8) is 0 Å². The molecule has 1 atom stereocenters. The smallest absolute Gasteiger partial charge is 0.244 e. The van der Waals surface area contributed by atoms with Crippen LogP contribution in [-0.2, 0) is 17.8 Å². The van der Waals surface area contributed by atoms with Gasteiger partial charge < -0.3 is 5.32 Å². The highest BCUT2D eigenvalue weighted by molar-refractivity contribution is 5.76. The molecule has 3 aromatic rings. The summed E-state index contributed by atoms with van der Waals surface area (Å²) in [4.78, 5) is 13.5. The van der Waals surface area contributed by atoms with Crippen molar-refractivity contribution in [2.75, 3.05) is 0 Å². The van der Waals surface area contributed by atoms with Crippen molar-refractivity contribution in [3.8, 4) is 11.4 Å². The second-order valence-electron chi connectivity index (χ2n) is 5.89. The summed E-state index contributed by atoms with van der Waals surface area (Å²) in [5.41, 5.74) is 3.23. The van der Waals surface area contributed by atoms with E-state index in [1.54, 1.807) is 0 Å². The van der Waals surface area contributed by atoms with Crippen LogP contribution < -0.4 is 5.32 Å². The van der Waals surface area contributed by atoms with Crippen LogP contribution in [0.5, 0.6) is 0 Å². The first-order valence-corrected chi connectivity index (χ1v) is 8.37. The lowest BCUT2D eigenvalue weighted by atomic mass is 10.1. The van der Waals surface area contributed by atoms with E-state index < -0.39 is 0 Å². The SMILES string of the molecule is CCc1ccc(C(C)NC(=O)Cn2nnc(-c3ccccc3)n2)cc1. The number of carbonyl (C=O) groups excluding carboxylic acids is 1. The van der Waals surface area contributed by atoms with Gasteiger partial charge in [-0.1, -0.05) is 61.5 Å². The van der Waals surface area contributed by atoms with Crippen molar-refractivity contribution in [2.24, 2.45) is 0 Å². The van der Waals surface area contributed by atoms with Gasteiger partial charge in [-0.05, 0) is 29.7 Å². The molecule has 0 aliphatic carbocycles. The van der Waals surface area contributed by atoms with E-state index in [-0.39, 0.29) is 18.5 Å². The van der Waals surface area contributed by atoms with Gasteiger partial charge in [-0.25, -0.2) is 0 Å². The number of amides is 1. The molecule has 1 amide bonds. The Hall–Kier alpha value is -3.02. The molecule has 2 aromatic carbocycles. The molecule has 1 N–H and O–H groups in total. The Kier molecular flexibility index (Phi) is 5.18. The van der Waals surface area contributed by atoms with Crippen LogP contribution in [0, 0.1) is 0 Å². The van der Waals surface area contributed by atoms with Crippen LogP contribution >= 0.6 is 0 Å². The van der Waals surface area contributed by atoms with Gasteiger partial charge in [-0.2, -0.15) is 4.80 Å². The highest BCUT2D eigenvalue weighted by Crippen LogP contribution is 2.14. The van der Waals surface area contributed by atoms with Gasteiger partial charge in [0.05, 0.1) is 6.04 Å². The number of hydrogen-bond donors (Lipinski definition) is 1. The number of aryl methyl sites for hydroxylation is 1. The van der Waals surface area contributed by atoms with E-state index in [9.17, 15) is 4.79 Å². The molecule has 0 saturated heterocycles. The Morgan fingerprint density at radius 1 is 1.12 bits per heavy atom. The van der Waals surface area contributed by atoms with Gasteiger partial charge in [0.25, 0.3) is 0 Å². The number of nitrogens with one attached hydrogen (secondary N) is 1. The van der Waals surface area contributed by atoms with Crippen LogP contribution in [0.2, 0.25) is 0 Å². The monoisotopic (exact) mass is 335 g/mol. The van der Waals surface area contributed by atoms with Crippen molar-refractivity contribution in [1.82, 2.24) is 25.5 Å². The first-order valence-electron chi connectivity index (χ1n) is 8.37. The summed E-state index contributed by atoms with van der Waals surface area (Å²) in [5.74, 6) is 0.362. The van der Waals surface area contributed by atoms with E-state index in [0.29, 0.717) is 5.82 Å². The quantitative estimate of drug-likeness (QED) is 0.752. The van der Waals surface area contributed by atoms with Crippen LogP contribution in [0.15, 0.2) is 54.6 Å². The Labute approximate surface area is 146 Å². The fourth-order valence-electron chi connectivity index (χ4n) is 2.55. The van der Waals surface area contributed by atoms with Gasteiger partial charge in [0.15, 0.2) is 0 Å². The lowest BCUT2D eigenvalue weighted by Crippen LogP contribution is -2.30. The Bertz CT molecular complexity index is 827. The Morgan fingerprint density at radius 2 is 1.84 bits per heavy atom. The molecule has 0 aliphatic heterocycles. The third kappa shape index (κ3) is 4.29. The first-order chi connectivity index (χ1) is 12.2. The largest absolute Gasteiger partial charge is 0.348 e. The van der Waals surface area contributed by atoms with Crippen LogP contribution in [-0.4, -0.2) is 26.1 Å². The molecule has 1 aromatic heterocycles. The minimum atomic E-state index is -0.149. The molecule has 0 bridgehead atoms. The van der Waals surface area contributed by atoms with Crippen molar-refractivity contribution < 1.29 is 4.79 Å². The van der Waals surface area contributed by atoms with Gasteiger partial charge in [0.2, 0.25) is 11.7 Å². The standard InChI is InChI=1S/C19H21N5O/c1-3-15-9-11-16(12-10-15)14(2)20-18(25)13-24-22-19(21-23-24)17-7-5-4-6-8-17/h4-12,14H,3,13H2,1-2H3,(H,20,25). The maximum absolute atomic E-state index is 12.2. The number of nitrogens with zero attached hydrogens (tertiary/aromatic N) is 4. The average Bonchev–Trinajstić information content (AvgIpc) is 3.10. The lowest BCUT2D eigenvalue weighted by molar-refractivity contribution is -0.122. The number of aromatic nitrogens is 4. The molecule has 6 nitrogen and oxygen atoms in total. The molecular weight excluding hydrogens is 314 g/mol. The number of tetrazole rings is 1. The number of hydrogen-bond acceptors (Lipinski definition) is 4. The molecule has 0 fully saturated rings. The average molecular weight is 335 g/mol. The number of benzene rings is 2. The zero-order valence-corrected chi connectivity index (χ0v) is 14.4. The zero-order chi connectivity index (χ0) is 17.6. The van der Waals surface area contributed by atoms with Crippen molar-refractivity contribution in [2.45, 2.75) is 32.9 Å². The molecule has 0 saturated carbocycles. The molecule has 0 spiro atoms. The van der Waals surface area contributed by atoms with Crippen molar-refractivity contribution in [1.29, 1.82) is 0 Å². The fourth-order valence-corrected chi connectivity index (χ4v) is 2.55. The fraction of sp³-hybridized carbons (Fsp3) is 0.263. The number of carbonyl (C=O) groups is 1. The molecule has 0 aliphatic rings. The maximum atomic E-state index is 12.2. The van der Waals surface area contributed by atoms with Crippen LogP contribution in [0.25, 0.3) is 11.4 Å². The highest BCUT2D eigenvalue weighted by Gasteiger charge is 2.12. The highest BCUT2D eigenvalue weighted by atomic mass is 16.2. The minimum Gasteiger partial charge on any atom is -0.348 e. The van der Waals surface area contributed by atoms with Gasteiger partial charge in [0.1, 0.15) is 6.54 Å². The summed E-state index contributed by atoms with van der Waals surface area (Å²) in [6, 6.07) is 17.8. The van der Waals surface area contributed by atoms with E-state index in [1.807, 2.05) is 49.4 Å². The molecule has 1 heterocycles. The Morgan fingerprint density at radius 3 is 2.52 bits per heavy atom. The van der Waals surface area contributed by atoms with E-state index in [4.69, 9.17) is 0 Å². The molecule has 25 heavy (non-hydrogen) atoms. The van der Waals surface area contributed by atoms with Gasteiger partial charge in [-0.3, -0.25) is 4.79 Å². The van der Waals surface area contributed by atoms with E-state index in [0.717, 1.165) is 17.5 Å². The van der Waals surface area contributed by atoms with Gasteiger partial charge in [0, 0.05) is 5.56 Å². The Balaban J connectivity index is 1.59.